The number of aromatic carboxylic acids is 1. The highest BCUT2D eigenvalue weighted by atomic mass is 32.1. The van der Waals surface area contributed by atoms with Crippen LogP contribution in [-0.2, 0) is 0 Å². The van der Waals surface area contributed by atoms with Crippen molar-refractivity contribution in [3.63, 3.8) is 0 Å². The molecule has 18 heavy (non-hydrogen) atoms. The minimum Gasteiger partial charge on any atom is -0.478 e. The normalized spacial score (nSPS) is 10.9. The fraction of sp³-hybridized carbons (Fsp3) is 0.0769. The molecule has 0 fully saturated rings. The summed E-state index contributed by atoms with van der Waals surface area (Å²) in [6, 6.07) is 9.39. The number of carboxylic acids is 1. The van der Waals surface area contributed by atoms with Gasteiger partial charge in [0.1, 0.15) is 5.00 Å². The largest absolute Gasteiger partial charge is 0.478 e. The molecule has 0 saturated carbocycles. The van der Waals surface area contributed by atoms with E-state index < -0.39 is 5.97 Å². The van der Waals surface area contributed by atoms with E-state index >= 15 is 0 Å². The third kappa shape index (κ3) is 1.69. The predicted octanol–water partition coefficient (Wildman–Crippen LogP) is 3.09. The Balaban J connectivity index is 2.22. The van der Waals surface area contributed by atoms with Crippen LogP contribution in [0.2, 0.25) is 0 Å². The summed E-state index contributed by atoms with van der Waals surface area (Å²) in [6.45, 7) is 1.89. The molecule has 2 heterocycles. The Morgan fingerprint density at radius 3 is 2.89 bits per heavy atom. The van der Waals surface area contributed by atoms with E-state index in [0.29, 0.717) is 10.6 Å². The molecule has 3 rings (SSSR count). The van der Waals surface area contributed by atoms with Crippen molar-refractivity contribution in [2.24, 2.45) is 0 Å². The standard InChI is InChI=1S/C13H10N2O2S/c1-8-6-10(13(16)17)12(18-8)15-7-9-4-2-3-5-11(9)14-15/h2-7H,1H3,(H,16,17). The van der Waals surface area contributed by atoms with Gasteiger partial charge >= 0.3 is 5.97 Å². The van der Waals surface area contributed by atoms with E-state index in [0.717, 1.165) is 15.8 Å². The van der Waals surface area contributed by atoms with Gasteiger partial charge in [0.15, 0.2) is 0 Å². The van der Waals surface area contributed by atoms with Gasteiger partial charge < -0.3 is 5.11 Å². The molecule has 90 valence electrons. The second-order valence-electron chi connectivity index (χ2n) is 4.01. The minimum absolute atomic E-state index is 0.297. The Hall–Kier alpha value is -2.14. The highest BCUT2D eigenvalue weighted by molar-refractivity contribution is 7.14. The van der Waals surface area contributed by atoms with Gasteiger partial charge in [0, 0.05) is 16.5 Å². The SMILES string of the molecule is Cc1cc(C(=O)O)c(-n2cc3ccccc3n2)s1. The summed E-state index contributed by atoms with van der Waals surface area (Å²) in [6.07, 6.45) is 1.85. The number of fused-ring (bicyclic) bond motifs is 1. The molecule has 4 nitrogen and oxygen atoms in total. The van der Waals surface area contributed by atoms with E-state index in [9.17, 15) is 9.90 Å². The highest BCUT2D eigenvalue weighted by Crippen LogP contribution is 2.27. The second-order valence-corrected chi connectivity index (χ2v) is 5.25. The molecule has 0 unspecified atom stereocenters. The zero-order chi connectivity index (χ0) is 12.7. The molecule has 0 aliphatic rings. The van der Waals surface area contributed by atoms with Gasteiger partial charge in [-0.2, -0.15) is 5.10 Å². The summed E-state index contributed by atoms with van der Waals surface area (Å²) in [5.41, 5.74) is 1.16. The van der Waals surface area contributed by atoms with Crippen LogP contribution in [0.15, 0.2) is 36.5 Å². The van der Waals surface area contributed by atoms with E-state index in [-0.39, 0.29) is 0 Å². The molecule has 3 aromatic rings. The third-order valence-corrected chi connectivity index (χ3v) is 3.73. The first-order valence-corrected chi connectivity index (χ1v) is 6.25. The van der Waals surface area contributed by atoms with Gasteiger partial charge in [0.25, 0.3) is 0 Å². The van der Waals surface area contributed by atoms with Crippen LogP contribution in [0, 0.1) is 6.92 Å². The number of rotatable bonds is 2. The van der Waals surface area contributed by atoms with Gasteiger partial charge in [0.05, 0.1) is 11.1 Å². The summed E-state index contributed by atoms with van der Waals surface area (Å²) < 4.78 is 1.64. The topological polar surface area (TPSA) is 55.1 Å². The number of aryl methyl sites for hydroxylation is 1. The molecule has 1 N–H and O–H groups in total. The van der Waals surface area contributed by atoms with Crippen molar-refractivity contribution in [1.29, 1.82) is 0 Å². The maximum absolute atomic E-state index is 11.2. The predicted molar refractivity (Wildman–Crippen MR) is 70.6 cm³/mol. The van der Waals surface area contributed by atoms with E-state index in [1.54, 1.807) is 10.7 Å². The molecular weight excluding hydrogens is 248 g/mol. The minimum atomic E-state index is -0.922. The number of aromatic nitrogens is 2. The third-order valence-electron chi connectivity index (χ3n) is 2.69. The van der Waals surface area contributed by atoms with E-state index in [1.165, 1.54) is 11.3 Å². The van der Waals surface area contributed by atoms with Crippen molar-refractivity contribution in [2.45, 2.75) is 6.92 Å². The quantitative estimate of drug-likeness (QED) is 0.768. The summed E-state index contributed by atoms with van der Waals surface area (Å²) in [5, 5.41) is 15.2. The van der Waals surface area contributed by atoms with Gasteiger partial charge in [-0.25, -0.2) is 9.48 Å². The molecule has 0 bridgehead atoms. The van der Waals surface area contributed by atoms with Gasteiger partial charge in [-0.3, -0.25) is 0 Å². The number of benzene rings is 1. The molecule has 1 aromatic carbocycles. The number of hydrogen-bond donors (Lipinski definition) is 1. The molecule has 0 radical (unpaired) electrons. The van der Waals surface area contributed by atoms with Crippen LogP contribution in [0.5, 0.6) is 0 Å². The lowest BCUT2D eigenvalue weighted by Gasteiger charge is -1.98. The van der Waals surface area contributed by atoms with Crippen molar-refractivity contribution in [3.05, 3.63) is 47.0 Å². The Bertz CT molecular complexity index is 709. The van der Waals surface area contributed by atoms with Crippen molar-refractivity contribution in [3.8, 4) is 5.00 Å². The Morgan fingerprint density at radius 1 is 1.39 bits per heavy atom. The van der Waals surface area contributed by atoms with Gasteiger partial charge in [0.2, 0.25) is 0 Å². The van der Waals surface area contributed by atoms with Crippen LogP contribution in [-0.4, -0.2) is 20.9 Å². The Labute approximate surface area is 107 Å². The molecule has 0 atom stereocenters. The molecule has 0 aliphatic carbocycles. The molecule has 2 aromatic heterocycles. The summed E-state index contributed by atoms with van der Waals surface area (Å²) in [5.74, 6) is -0.922. The molecule has 0 amide bonds. The number of nitrogens with zero attached hydrogens (tertiary/aromatic N) is 2. The van der Waals surface area contributed by atoms with Crippen molar-refractivity contribution >= 4 is 28.2 Å². The zero-order valence-electron chi connectivity index (χ0n) is 9.62. The highest BCUT2D eigenvalue weighted by Gasteiger charge is 2.16. The first-order chi connectivity index (χ1) is 8.65. The molecular formula is C13H10N2O2S. The number of thiophene rings is 1. The van der Waals surface area contributed by atoms with E-state index in [1.807, 2.05) is 37.4 Å². The number of hydrogen-bond acceptors (Lipinski definition) is 3. The van der Waals surface area contributed by atoms with Gasteiger partial charge in [-0.1, -0.05) is 18.2 Å². The van der Waals surface area contributed by atoms with Gasteiger partial charge in [-0.15, -0.1) is 11.3 Å². The maximum atomic E-state index is 11.2. The first kappa shape index (κ1) is 11.0. The van der Waals surface area contributed by atoms with E-state index in [4.69, 9.17) is 0 Å². The lowest BCUT2D eigenvalue weighted by atomic mass is 10.3. The number of carbonyl (C=O) groups is 1. The van der Waals surface area contributed by atoms with Crippen molar-refractivity contribution < 1.29 is 9.90 Å². The first-order valence-electron chi connectivity index (χ1n) is 5.43. The average molecular weight is 258 g/mol. The van der Waals surface area contributed by atoms with Gasteiger partial charge in [-0.05, 0) is 19.1 Å². The lowest BCUT2D eigenvalue weighted by molar-refractivity contribution is 0.0697. The molecule has 0 spiro atoms. The zero-order valence-corrected chi connectivity index (χ0v) is 10.4. The monoisotopic (exact) mass is 258 g/mol. The fourth-order valence-electron chi connectivity index (χ4n) is 1.89. The van der Waals surface area contributed by atoms with E-state index in [2.05, 4.69) is 5.10 Å². The fourth-order valence-corrected chi connectivity index (χ4v) is 2.82. The smallest absolute Gasteiger partial charge is 0.338 e. The summed E-state index contributed by atoms with van der Waals surface area (Å²) in [7, 11) is 0. The number of carboxylic acid groups (broad SMARTS) is 1. The Morgan fingerprint density at radius 2 is 2.17 bits per heavy atom. The van der Waals surface area contributed by atoms with Crippen LogP contribution in [0.4, 0.5) is 0 Å². The molecule has 5 heteroatoms. The van der Waals surface area contributed by atoms with Crippen LogP contribution in [0.25, 0.3) is 15.9 Å². The van der Waals surface area contributed by atoms with Crippen LogP contribution in [0.1, 0.15) is 15.2 Å². The average Bonchev–Trinajstić information content (AvgIpc) is 2.91. The molecule has 0 saturated heterocycles. The summed E-state index contributed by atoms with van der Waals surface area (Å²) >= 11 is 1.43. The van der Waals surface area contributed by atoms with Crippen molar-refractivity contribution in [2.75, 3.05) is 0 Å². The van der Waals surface area contributed by atoms with Crippen molar-refractivity contribution in [1.82, 2.24) is 9.78 Å². The van der Waals surface area contributed by atoms with Crippen LogP contribution >= 0.6 is 11.3 Å². The molecule has 0 aliphatic heterocycles. The Kier molecular flexibility index (Phi) is 2.41. The summed E-state index contributed by atoms with van der Waals surface area (Å²) in [4.78, 5) is 12.1. The second kappa shape index (κ2) is 3.96. The maximum Gasteiger partial charge on any atom is 0.338 e. The lowest BCUT2D eigenvalue weighted by Crippen LogP contribution is -2.01. The van der Waals surface area contributed by atoms with Crippen LogP contribution in [0.3, 0.4) is 0 Å². The van der Waals surface area contributed by atoms with Crippen LogP contribution < -0.4 is 0 Å².